The molecule has 1 atom stereocenters. The highest BCUT2D eigenvalue weighted by molar-refractivity contribution is 9.10. The summed E-state index contributed by atoms with van der Waals surface area (Å²) in [6.45, 7) is 3.07. The first-order valence-electron chi connectivity index (χ1n) is 5.90. The van der Waals surface area contributed by atoms with E-state index in [0.717, 1.165) is 12.1 Å². The Morgan fingerprint density at radius 1 is 0.950 bits per heavy atom. The van der Waals surface area contributed by atoms with E-state index in [0.29, 0.717) is 11.1 Å². The number of aliphatic hydroxyl groups is 1. The van der Waals surface area contributed by atoms with Crippen molar-refractivity contribution in [3.05, 3.63) is 68.4 Å². The van der Waals surface area contributed by atoms with Crippen LogP contribution in [-0.4, -0.2) is 5.11 Å². The third-order valence-electron chi connectivity index (χ3n) is 3.09. The normalized spacial score (nSPS) is 12.6. The maximum atomic E-state index is 13.8. The van der Waals surface area contributed by atoms with Crippen LogP contribution in [0.2, 0.25) is 0 Å². The van der Waals surface area contributed by atoms with Gasteiger partial charge in [-0.25, -0.2) is 13.2 Å². The average Bonchev–Trinajstić information content (AvgIpc) is 2.33. The number of aryl methyl sites for hydroxylation is 2. The smallest absolute Gasteiger partial charge is 0.133 e. The van der Waals surface area contributed by atoms with Crippen LogP contribution in [0.25, 0.3) is 0 Å². The molecule has 0 heterocycles. The van der Waals surface area contributed by atoms with Crippen molar-refractivity contribution in [1.29, 1.82) is 0 Å². The van der Waals surface area contributed by atoms with Gasteiger partial charge >= 0.3 is 0 Å². The summed E-state index contributed by atoms with van der Waals surface area (Å²) in [5.41, 5.74) is 0.439. The quantitative estimate of drug-likeness (QED) is 0.846. The van der Waals surface area contributed by atoms with Gasteiger partial charge in [-0.15, -0.1) is 0 Å². The van der Waals surface area contributed by atoms with Crippen LogP contribution in [0.1, 0.15) is 28.4 Å². The molecule has 0 radical (unpaired) electrons. The lowest BCUT2D eigenvalue weighted by Gasteiger charge is -2.15. The molecule has 2 aromatic carbocycles. The molecule has 0 aliphatic heterocycles. The number of hydrogen-bond donors (Lipinski definition) is 1. The van der Waals surface area contributed by atoms with E-state index in [1.165, 1.54) is 26.0 Å². The Bertz CT molecular complexity index is 624. The molecule has 2 aromatic rings. The minimum Gasteiger partial charge on any atom is -0.383 e. The highest BCUT2D eigenvalue weighted by Gasteiger charge is 2.21. The second kappa shape index (κ2) is 5.58. The van der Waals surface area contributed by atoms with E-state index in [-0.39, 0.29) is 10.0 Å². The second-order valence-electron chi connectivity index (χ2n) is 4.65. The van der Waals surface area contributed by atoms with Gasteiger partial charge in [-0.2, -0.15) is 0 Å². The Morgan fingerprint density at radius 2 is 1.40 bits per heavy atom. The van der Waals surface area contributed by atoms with Crippen LogP contribution in [0.5, 0.6) is 0 Å². The van der Waals surface area contributed by atoms with Gasteiger partial charge in [-0.3, -0.25) is 0 Å². The molecule has 1 unspecified atom stereocenters. The monoisotopic (exact) mass is 344 g/mol. The van der Waals surface area contributed by atoms with E-state index >= 15 is 0 Å². The fraction of sp³-hybridized carbons (Fsp3) is 0.200. The molecule has 0 bridgehead atoms. The van der Waals surface area contributed by atoms with Crippen LogP contribution in [-0.2, 0) is 0 Å². The van der Waals surface area contributed by atoms with E-state index in [1.54, 1.807) is 0 Å². The Labute approximate surface area is 123 Å². The second-order valence-corrected chi connectivity index (χ2v) is 5.57. The van der Waals surface area contributed by atoms with Crippen molar-refractivity contribution >= 4 is 15.9 Å². The number of aliphatic hydroxyl groups excluding tert-OH is 1. The predicted molar refractivity (Wildman–Crippen MR) is 74.0 cm³/mol. The van der Waals surface area contributed by atoms with Gasteiger partial charge in [0, 0.05) is 4.47 Å². The lowest BCUT2D eigenvalue weighted by molar-refractivity contribution is 0.208. The van der Waals surface area contributed by atoms with Gasteiger partial charge in [0.05, 0.1) is 5.56 Å². The predicted octanol–water partition coefficient (Wildman–Crippen LogP) is 4.56. The standard InChI is InChI=1S/C15H12BrF3O/c1-7-3-9(4-8(2)14(7)19)15(20)13-11(17)5-10(16)6-12(13)18/h3-6,15,20H,1-2H3. The summed E-state index contributed by atoms with van der Waals surface area (Å²) < 4.78 is 41.4. The zero-order valence-electron chi connectivity index (χ0n) is 10.8. The van der Waals surface area contributed by atoms with Crippen molar-refractivity contribution in [2.75, 3.05) is 0 Å². The Morgan fingerprint density at radius 3 is 1.85 bits per heavy atom. The Balaban J connectivity index is 2.55. The molecule has 0 aromatic heterocycles. The van der Waals surface area contributed by atoms with Crippen molar-refractivity contribution in [3.8, 4) is 0 Å². The topological polar surface area (TPSA) is 20.2 Å². The third-order valence-corrected chi connectivity index (χ3v) is 3.55. The molecule has 2 rings (SSSR count). The minimum absolute atomic E-state index is 0.245. The maximum Gasteiger partial charge on any atom is 0.133 e. The van der Waals surface area contributed by atoms with Gasteiger partial charge in [0.2, 0.25) is 0 Å². The molecular weight excluding hydrogens is 333 g/mol. The molecule has 0 amide bonds. The number of halogens is 4. The molecule has 0 fully saturated rings. The van der Waals surface area contributed by atoms with E-state index < -0.39 is 29.1 Å². The zero-order valence-corrected chi connectivity index (χ0v) is 12.4. The number of hydrogen-bond acceptors (Lipinski definition) is 1. The summed E-state index contributed by atoms with van der Waals surface area (Å²) >= 11 is 2.97. The van der Waals surface area contributed by atoms with Crippen LogP contribution in [0.4, 0.5) is 13.2 Å². The highest BCUT2D eigenvalue weighted by atomic mass is 79.9. The van der Waals surface area contributed by atoms with Crippen LogP contribution in [0.3, 0.4) is 0 Å². The highest BCUT2D eigenvalue weighted by Crippen LogP contribution is 2.30. The Kier molecular flexibility index (Phi) is 4.20. The van der Waals surface area contributed by atoms with Crippen LogP contribution in [0, 0.1) is 31.3 Å². The van der Waals surface area contributed by atoms with E-state index in [4.69, 9.17) is 0 Å². The largest absolute Gasteiger partial charge is 0.383 e. The fourth-order valence-electron chi connectivity index (χ4n) is 2.12. The van der Waals surface area contributed by atoms with Crippen LogP contribution >= 0.6 is 15.9 Å². The van der Waals surface area contributed by atoms with E-state index in [1.807, 2.05) is 0 Å². The molecule has 106 valence electrons. The molecule has 20 heavy (non-hydrogen) atoms. The van der Waals surface area contributed by atoms with Gasteiger partial charge in [-0.05, 0) is 42.7 Å². The molecule has 0 saturated heterocycles. The van der Waals surface area contributed by atoms with E-state index in [9.17, 15) is 18.3 Å². The first-order chi connectivity index (χ1) is 9.31. The SMILES string of the molecule is Cc1cc(C(O)c2c(F)cc(Br)cc2F)cc(C)c1F. The van der Waals surface area contributed by atoms with E-state index in [2.05, 4.69) is 15.9 Å². The maximum absolute atomic E-state index is 13.8. The molecule has 1 nitrogen and oxygen atoms in total. The number of rotatable bonds is 2. The summed E-state index contributed by atoms with van der Waals surface area (Å²) in [6, 6.07) is 4.91. The minimum atomic E-state index is -1.49. The summed E-state index contributed by atoms with van der Waals surface area (Å²) in [6.07, 6.45) is -1.49. The van der Waals surface area contributed by atoms with Gasteiger partial charge in [0.1, 0.15) is 23.6 Å². The van der Waals surface area contributed by atoms with Gasteiger partial charge in [0.25, 0.3) is 0 Å². The first-order valence-corrected chi connectivity index (χ1v) is 6.69. The van der Waals surface area contributed by atoms with Gasteiger partial charge in [0.15, 0.2) is 0 Å². The molecule has 5 heteroatoms. The zero-order chi connectivity index (χ0) is 15.0. The number of benzene rings is 2. The lowest BCUT2D eigenvalue weighted by Crippen LogP contribution is -2.07. The molecule has 0 aliphatic carbocycles. The summed E-state index contributed by atoms with van der Waals surface area (Å²) in [7, 11) is 0. The van der Waals surface area contributed by atoms with Crippen molar-refractivity contribution in [1.82, 2.24) is 0 Å². The molecule has 1 N–H and O–H groups in total. The fourth-order valence-corrected chi connectivity index (χ4v) is 2.52. The van der Waals surface area contributed by atoms with Gasteiger partial charge < -0.3 is 5.11 Å². The van der Waals surface area contributed by atoms with Crippen LogP contribution < -0.4 is 0 Å². The average molecular weight is 345 g/mol. The summed E-state index contributed by atoms with van der Waals surface area (Å²) in [4.78, 5) is 0. The van der Waals surface area contributed by atoms with Gasteiger partial charge in [-0.1, -0.05) is 28.1 Å². The van der Waals surface area contributed by atoms with Crippen molar-refractivity contribution in [2.45, 2.75) is 20.0 Å². The third kappa shape index (κ3) is 2.74. The molecule has 0 saturated carbocycles. The molecule has 0 aliphatic rings. The molecule has 0 spiro atoms. The molecular formula is C15H12BrF3O. The van der Waals surface area contributed by atoms with Crippen molar-refractivity contribution < 1.29 is 18.3 Å². The van der Waals surface area contributed by atoms with Crippen molar-refractivity contribution in [2.24, 2.45) is 0 Å². The Hall–Kier alpha value is -1.33. The lowest BCUT2D eigenvalue weighted by atomic mass is 9.97. The summed E-state index contributed by atoms with van der Waals surface area (Å²) in [5, 5.41) is 10.2. The first kappa shape index (κ1) is 15.1. The van der Waals surface area contributed by atoms with Crippen LogP contribution in [0.15, 0.2) is 28.7 Å². The summed E-state index contributed by atoms with van der Waals surface area (Å²) in [5.74, 6) is -2.11. The van der Waals surface area contributed by atoms with Crippen molar-refractivity contribution in [3.63, 3.8) is 0 Å².